The first-order valence-corrected chi connectivity index (χ1v) is 8.89. The Morgan fingerprint density at radius 2 is 1.17 bits per heavy atom. The molecule has 0 N–H and O–H groups in total. The Labute approximate surface area is 184 Å². The fraction of sp³-hybridized carbons (Fsp3) is 0. The van der Waals surface area contributed by atoms with E-state index in [-0.39, 0.29) is 20.1 Å². The second-order valence-electron chi connectivity index (χ2n) is 5.67. The maximum Gasteiger partial charge on any atom is 0.0709 e. The van der Waals surface area contributed by atoms with Crippen LogP contribution in [0.3, 0.4) is 0 Å². The zero-order chi connectivity index (χ0) is 19.3. The first kappa shape index (κ1) is 22.1. The zero-order valence-electron chi connectivity index (χ0n) is 15.6. The molecule has 0 bridgehead atoms. The van der Waals surface area contributed by atoms with Gasteiger partial charge < -0.3 is 9.97 Å². The molecule has 1 radical (unpaired) electrons. The van der Waals surface area contributed by atoms with Gasteiger partial charge in [0.05, 0.1) is 11.2 Å². The van der Waals surface area contributed by atoms with E-state index >= 15 is 0 Å². The third-order valence-electron chi connectivity index (χ3n) is 3.70. The van der Waals surface area contributed by atoms with Crippen molar-refractivity contribution in [2.24, 2.45) is 0 Å². The predicted octanol–water partition coefficient (Wildman–Crippen LogP) is 5.66. The van der Waals surface area contributed by atoms with Crippen LogP contribution in [0.15, 0.2) is 116 Å². The number of nitrogens with zero attached hydrogens (tertiary/aromatic N) is 3. The van der Waals surface area contributed by atoms with Crippen molar-refractivity contribution in [1.29, 1.82) is 0 Å². The Balaban J connectivity index is 0.000000191. The van der Waals surface area contributed by atoms with E-state index in [0.29, 0.717) is 0 Å². The molecule has 0 amide bonds. The van der Waals surface area contributed by atoms with Crippen molar-refractivity contribution < 1.29 is 20.1 Å². The second-order valence-corrected chi connectivity index (χ2v) is 5.67. The topological polar surface area (TPSA) is 38.7 Å². The summed E-state index contributed by atoms with van der Waals surface area (Å²) in [6.07, 6.45) is 8.67. The Morgan fingerprint density at radius 3 is 1.69 bits per heavy atom. The number of hydrogen-bond acceptors (Lipinski definition) is 3. The monoisotopic (exact) mass is 554 g/mol. The molecule has 0 unspecified atom stereocenters. The van der Waals surface area contributed by atoms with Crippen LogP contribution in [0, 0.1) is 12.4 Å². The summed E-state index contributed by atoms with van der Waals surface area (Å²) < 4.78 is 0. The molecule has 2 aromatic carbocycles. The van der Waals surface area contributed by atoms with Gasteiger partial charge in [0.25, 0.3) is 0 Å². The van der Waals surface area contributed by atoms with E-state index in [2.05, 4.69) is 57.7 Å². The number of benzene rings is 2. The largest absolute Gasteiger partial charge is 0.394 e. The van der Waals surface area contributed by atoms with Crippen LogP contribution in [0.5, 0.6) is 0 Å². The minimum Gasteiger partial charge on any atom is -0.394 e. The van der Waals surface area contributed by atoms with Crippen LogP contribution in [0.25, 0.3) is 22.2 Å². The fourth-order valence-electron chi connectivity index (χ4n) is 2.39. The second kappa shape index (κ2) is 13.1. The Bertz CT molecular complexity index is 971. The Morgan fingerprint density at radius 1 is 0.552 bits per heavy atom. The van der Waals surface area contributed by atoms with Gasteiger partial charge in [-0.3, -0.25) is 0 Å². The van der Waals surface area contributed by atoms with Crippen LogP contribution in [0.1, 0.15) is 0 Å². The molecule has 0 aliphatic carbocycles. The third kappa shape index (κ3) is 7.74. The molecule has 3 heterocycles. The van der Waals surface area contributed by atoms with Gasteiger partial charge in [-0.05, 0) is 12.1 Å². The van der Waals surface area contributed by atoms with Gasteiger partial charge in [0.2, 0.25) is 0 Å². The van der Waals surface area contributed by atoms with Crippen molar-refractivity contribution in [3.8, 4) is 11.3 Å². The molecule has 0 aliphatic heterocycles. The van der Waals surface area contributed by atoms with E-state index in [1.54, 1.807) is 24.5 Å². The molecule has 5 rings (SSSR count). The standard InChI is InChI=1S/C15H11N.2C5H4N.Ir/c1-2-6-12(7-3-1)15-11-10-13-8-4-5-9-14(13)16-15;2*1-2-4-6-5-3-1;/h1-11H;2*1-4H;/q;2*-1;. The van der Waals surface area contributed by atoms with Crippen LogP contribution < -0.4 is 0 Å². The molecule has 0 atom stereocenters. The molecule has 5 aromatic rings. The van der Waals surface area contributed by atoms with Gasteiger partial charge in [-0.15, -0.1) is 0 Å². The normalized spacial score (nSPS) is 9.10. The smallest absolute Gasteiger partial charge is 0.0709 e. The molecule has 0 aliphatic rings. The summed E-state index contributed by atoms with van der Waals surface area (Å²) >= 11 is 0. The quantitative estimate of drug-likeness (QED) is 0.252. The summed E-state index contributed by atoms with van der Waals surface area (Å²) in [7, 11) is 0. The fourth-order valence-corrected chi connectivity index (χ4v) is 2.39. The molecule has 29 heavy (non-hydrogen) atoms. The molecule has 0 fully saturated rings. The van der Waals surface area contributed by atoms with Crippen molar-refractivity contribution in [3.05, 3.63) is 128 Å². The number of rotatable bonds is 1. The van der Waals surface area contributed by atoms with Crippen molar-refractivity contribution in [2.75, 3.05) is 0 Å². The minimum atomic E-state index is 0. The van der Waals surface area contributed by atoms with Gasteiger partial charge in [0.1, 0.15) is 0 Å². The summed E-state index contributed by atoms with van der Waals surface area (Å²) in [5.74, 6) is 0. The molecule has 0 spiro atoms. The number of aromatic nitrogens is 3. The van der Waals surface area contributed by atoms with Gasteiger partial charge >= 0.3 is 0 Å². The molecule has 145 valence electrons. The summed E-state index contributed by atoms with van der Waals surface area (Å²) in [4.78, 5) is 12.0. The van der Waals surface area contributed by atoms with Crippen molar-refractivity contribution >= 4 is 10.9 Å². The maximum absolute atomic E-state index is 4.65. The molecular formula is C25H19IrN3-2. The SMILES string of the molecule is [Ir].[c-]1ccccn1.[c-]1ccccn1.c1ccc(-c2ccc3ccccc3n2)cc1. The van der Waals surface area contributed by atoms with E-state index in [4.69, 9.17) is 0 Å². The Hall–Kier alpha value is -3.20. The number of fused-ring (bicyclic) bond motifs is 1. The van der Waals surface area contributed by atoms with Gasteiger partial charge in [-0.25, -0.2) is 4.98 Å². The van der Waals surface area contributed by atoms with E-state index in [1.165, 1.54) is 5.39 Å². The van der Waals surface area contributed by atoms with Gasteiger partial charge in [-0.2, -0.15) is 36.4 Å². The number of hydrogen-bond donors (Lipinski definition) is 0. The first-order valence-electron chi connectivity index (χ1n) is 8.89. The molecule has 0 saturated heterocycles. The number of para-hydroxylation sites is 1. The minimum absolute atomic E-state index is 0. The summed E-state index contributed by atoms with van der Waals surface area (Å²) in [6, 6.07) is 33.6. The van der Waals surface area contributed by atoms with Crippen molar-refractivity contribution in [2.45, 2.75) is 0 Å². The van der Waals surface area contributed by atoms with Crippen LogP contribution in [-0.4, -0.2) is 15.0 Å². The average Bonchev–Trinajstić information content (AvgIpc) is 2.82. The van der Waals surface area contributed by atoms with Crippen LogP contribution in [0.4, 0.5) is 0 Å². The maximum atomic E-state index is 4.65. The molecule has 3 aromatic heterocycles. The molecule has 4 heteroatoms. The van der Waals surface area contributed by atoms with Crippen LogP contribution >= 0.6 is 0 Å². The van der Waals surface area contributed by atoms with Gasteiger partial charge in [0.15, 0.2) is 0 Å². The number of pyridine rings is 3. The van der Waals surface area contributed by atoms with E-state index in [9.17, 15) is 0 Å². The van der Waals surface area contributed by atoms with Gasteiger partial charge in [-0.1, -0.05) is 79.4 Å². The van der Waals surface area contributed by atoms with Crippen LogP contribution in [-0.2, 0) is 20.1 Å². The molecule has 3 nitrogen and oxygen atoms in total. The molecule has 0 saturated carbocycles. The van der Waals surface area contributed by atoms with E-state index in [1.807, 2.05) is 60.7 Å². The van der Waals surface area contributed by atoms with Crippen LogP contribution in [0.2, 0.25) is 0 Å². The zero-order valence-corrected chi connectivity index (χ0v) is 18.0. The van der Waals surface area contributed by atoms with E-state index in [0.717, 1.165) is 16.8 Å². The summed E-state index contributed by atoms with van der Waals surface area (Å²) in [5, 5.41) is 1.18. The average molecular weight is 554 g/mol. The molecular weight excluding hydrogens is 535 g/mol. The third-order valence-corrected chi connectivity index (χ3v) is 3.70. The summed E-state index contributed by atoms with van der Waals surface area (Å²) in [5.41, 5.74) is 3.23. The predicted molar refractivity (Wildman–Crippen MR) is 113 cm³/mol. The van der Waals surface area contributed by atoms with Crippen molar-refractivity contribution in [1.82, 2.24) is 15.0 Å². The first-order chi connectivity index (χ1) is 13.9. The van der Waals surface area contributed by atoms with Gasteiger partial charge in [0, 0.05) is 31.1 Å². The Kier molecular flexibility index (Phi) is 9.95. The van der Waals surface area contributed by atoms with E-state index < -0.39 is 0 Å². The summed E-state index contributed by atoms with van der Waals surface area (Å²) in [6.45, 7) is 0. The van der Waals surface area contributed by atoms with Crippen molar-refractivity contribution in [3.63, 3.8) is 0 Å².